The monoisotopic (exact) mass is 351 g/mol. The molecule has 1 N–H and O–H groups in total. The van der Waals surface area contributed by atoms with Crippen LogP contribution < -0.4 is 5.32 Å². The first-order valence-electron chi connectivity index (χ1n) is 9.04. The van der Waals surface area contributed by atoms with Crippen molar-refractivity contribution in [1.29, 1.82) is 0 Å². The van der Waals surface area contributed by atoms with E-state index in [2.05, 4.69) is 41.1 Å². The molecule has 0 radical (unpaired) electrons. The first kappa shape index (κ1) is 18.3. The van der Waals surface area contributed by atoms with Gasteiger partial charge in [0.25, 0.3) is 0 Å². The zero-order valence-corrected chi connectivity index (χ0v) is 15.6. The Labute approximate surface area is 148 Å². The molecule has 1 aromatic heterocycles. The number of nitrogens with zero attached hydrogens (tertiary/aromatic N) is 4. The molecule has 140 valence electrons. The number of hydrogen-bond acceptors (Lipinski definition) is 7. The number of rotatable bonds is 3. The minimum absolute atomic E-state index is 0.0746. The van der Waals surface area contributed by atoms with Gasteiger partial charge in [-0.25, -0.2) is 0 Å². The van der Waals surface area contributed by atoms with E-state index in [9.17, 15) is 4.79 Å². The van der Waals surface area contributed by atoms with E-state index in [4.69, 9.17) is 9.26 Å². The number of piperazine rings is 1. The maximum absolute atomic E-state index is 12.7. The Hall–Kier alpha value is -1.51. The van der Waals surface area contributed by atoms with Crippen LogP contribution in [-0.2, 0) is 21.5 Å². The summed E-state index contributed by atoms with van der Waals surface area (Å²) < 4.78 is 10.9. The van der Waals surface area contributed by atoms with Gasteiger partial charge in [0.1, 0.15) is 6.04 Å². The molecule has 0 saturated carbocycles. The number of morpholine rings is 1. The van der Waals surface area contributed by atoms with Gasteiger partial charge in [-0.05, 0) is 6.92 Å². The normalized spacial score (nSPS) is 26.0. The second kappa shape index (κ2) is 7.39. The quantitative estimate of drug-likeness (QED) is 0.843. The molecular formula is C17H29N5O3. The smallest absolute Gasteiger partial charge is 0.242 e. The number of carbonyl (C=O) groups excluding carboxylic acids is 1. The van der Waals surface area contributed by atoms with E-state index in [1.54, 1.807) is 0 Å². The van der Waals surface area contributed by atoms with Crippen molar-refractivity contribution in [3.05, 3.63) is 11.7 Å². The summed E-state index contributed by atoms with van der Waals surface area (Å²) in [5, 5.41) is 7.35. The van der Waals surface area contributed by atoms with Gasteiger partial charge in [0.2, 0.25) is 11.8 Å². The van der Waals surface area contributed by atoms with Crippen molar-refractivity contribution in [2.45, 2.75) is 51.8 Å². The van der Waals surface area contributed by atoms with Crippen LogP contribution in [0.4, 0.5) is 0 Å². The van der Waals surface area contributed by atoms with Gasteiger partial charge in [-0.15, -0.1) is 0 Å². The number of aromatic nitrogens is 2. The molecule has 2 saturated heterocycles. The molecule has 3 heterocycles. The number of ether oxygens (including phenoxy) is 1. The number of nitrogens with one attached hydrogen (secondary N) is 1. The third-order valence-corrected chi connectivity index (χ3v) is 4.74. The van der Waals surface area contributed by atoms with Crippen LogP contribution in [0.25, 0.3) is 0 Å². The third-order valence-electron chi connectivity index (χ3n) is 4.74. The van der Waals surface area contributed by atoms with Crippen LogP contribution >= 0.6 is 0 Å². The number of hydrogen-bond donors (Lipinski definition) is 1. The number of carbonyl (C=O) groups is 1. The number of amides is 1. The molecule has 0 spiro atoms. The van der Waals surface area contributed by atoms with Crippen LogP contribution in [0, 0.1) is 0 Å². The standard InChI is InChI=1S/C17H29N5O3/c1-12-14(18-5-10-24-12)15(23)22-8-6-21(7-9-22)11-13-19-16(25-20-13)17(2,3)4/h12,14,18H,5-11H2,1-4H3/t12-,14+/m1/s1. The molecule has 1 amide bonds. The van der Waals surface area contributed by atoms with Gasteiger partial charge in [0.15, 0.2) is 5.82 Å². The molecule has 25 heavy (non-hydrogen) atoms. The second-order valence-corrected chi connectivity index (χ2v) is 7.87. The van der Waals surface area contributed by atoms with E-state index in [1.165, 1.54) is 0 Å². The highest BCUT2D eigenvalue weighted by Crippen LogP contribution is 2.20. The molecule has 0 unspecified atom stereocenters. The Morgan fingerprint density at radius 2 is 2.00 bits per heavy atom. The van der Waals surface area contributed by atoms with E-state index in [1.807, 2.05) is 11.8 Å². The van der Waals surface area contributed by atoms with Gasteiger partial charge in [-0.2, -0.15) is 4.98 Å². The molecule has 0 aliphatic carbocycles. The van der Waals surface area contributed by atoms with Gasteiger partial charge in [-0.3, -0.25) is 9.69 Å². The Morgan fingerprint density at radius 1 is 1.28 bits per heavy atom. The highest BCUT2D eigenvalue weighted by Gasteiger charge is 2.33. The van der Waals surface area contributed by atoms with Crippen molar-refractivity contribution in [3.63, 3.8) is 0 Å². The average molecular weight is 351 g/mol. The Kier molecular flexibility index (Phi) is 5.41. The zero-order valence-electron chi connectivity index (χ0n) is 15.6. The lowest BCUT2D eigenvalue weighted by Gasteiger charge is -2.38. The van der Waals surface area contributed by atoms with Crippen LogP contribution in [-0.4, -0.2) is 77.3 Å². The molecule has 2 aliphatic rings. The molecule has 8 heteroatoms. The molecule has 2 aliphatic heterocycles. The molecule has 2 atom stereocenters. The predicted octanol–water partition coefficient (Wildman–Crippen LogP) is 0.388. The molecule has 8 nitrogen and oxygen atoms in total. The maximum Gasteiger partial charge on any atom is 0.242 e. The maximum atomic E-state index is 12.7. The van der Waals surface area contributed by atoms with Gasteiger partial charge < -0.3 is 19.5 Å². The van der Waals surface area contributed by atoms with E-state index < -0.39 is 0 Å². The highest BCUT2D eigenvalue weighted by atomic mass is 16.5. The van der Waals surface area contributed by atoms with E-state index in [-0.39, 0.29) is 23.5 Å². The molecule has 2 fully saturated rings. The first-order valence-corrected chi connectivity index (χ1v) is 9.04. The van der Waals surface area contributed by atoms with Crippen molar-refractivity contribution in [2.75, 3.05) is 39.3 Å². The van der Waals surface area contributed by atoms with Crippen molar-refractivity contribution in [2.24, 2.45) is 0 Å². The summed E-state index contributed by atoms with van der Waals surface area (Å²) in [5.41, 5.74) is -0.137. The molecule has 0 bridgehead atoms. The van der Waals surface area contributed by atoms with Crippen LogP contribution in [0.15, 0.2) is 4.52 Å². The molecular weight excluding hydrogens is 322 g/mol. The van der Waals surface area contributed by atoms with E-state index in [0.717, 1.165) is 19.6 Å². The summed E-state index contributed by atoms with van der Waals surface area (Å²) in [6.45, 7) is 13.2. The van der Waals surface area contributed by atoms with Crippen molar-refractivity contribution >= 4 is 5.91 Å². The van der Waals surface area contributed by atoms with Crippen LogP contribution in [0.5, 0.6) is 0 Å². The van der Waals surface area contributed by atoms with E-state index >= 15 is 0 Å². The fourth-order valence-corrected chi connectivity index (χ4v) is 3.16. The third kappa shape index (κ3) is 4.37. The van der Waals surface area contributed by atoms with Gasteiger partial charge in [0, 0.05) is 38.1 Å². The minimum Gasteiger partial charge on any atom is -0.375 e. The predicted molar refractivity (Wildman–Crippen MR) is 92.1 cm³/mol. The molecule has 1 aromatic rings. The summed E-state index contributed by atoms with van der Waals surface area (Å²) >= 11 is 0. The fourth-order valence-electron chi connectivity index (χ4n) is 3.16. The summed E-state index contributed by atoms with van der Waals surface area (Å²) in [7, 11) is 0. The van der Waals surface area contributed by atoms with Gasteiger partial charge >= 0.3 is 0 Å². The minimum atomic E-state index is -0.230. The molecule has 3 rings (SSSR count). The fraction of sp³-hybridized carbons (Fsp3) is 0.824. The van der Waals surface area contributed by atoms with Gasteiger partial charge in [-0.1, -0.05) is 25.9 Å². The topological polar surface area (TPSA) is 83.7 Å². The lowest BCUT2D eigenvalue weighted by atomic mass is 9.97. The zero-order chi connectivity index (χ0) is 18.0. The van der Waals surface area contributed by atoms with Crippen LogP contribution in [0.2, 0.25) is 0 Å². The molecule has 0 aromatic carbocycles. The van der Waals surface area contributed by atoms with Crippen molar-refractivity contribution < 1.29 is 14.1 Å². The SMILES string of the molecule is C[C@H]1OCCN[C@@H]1C(=O)N1CCN(Cc2noc(C(C)(C)C)n2)CC1. The lowest BCUT2D eigenvalue weighted by molar-refractivity contribution is -0.141. The van der Waals surface area contributed by atoms with Crippen molar-refractivity contribution in [3.8, 4) is 0 Å². The van der Waals surface area contributed by atoms with Crippen LogP contribution in [0.1, 0.15) is 39.4 Å². The Balaban J connectivity index is 1.50. The largest absolute Gasteiger partial charge is 0.375 e. The first-order chi connectivity index (χ1) is 11.8. The average Bonchev–Trinajstić information content (AvgIpc) is 3.04. The lowest BCUT2D eigenvalue weighted by Crippen LogP contribution is -2.59. The summed E-state index contributed by atoms with van der Waals surface area (Å²) in [4.78, 5) is 21.3. The summed E-state index contributed by atoms with van der Waals surface area (Å²) in [6.07, 6.45) is -0.0746. The van der Waals surface area contributed by atoms with Crippen molar-refractivity contribution in [1.82, 2.24) is 25.3 Å². The second-order valence-electron chi connectivity index (χ2n) is 7.87. The Bertz CT molecular complexity index is 589. The summed E-state index contributed by atoms with van der Waals surface area (Å²) in [6, 6.07) is -0.230. The van der Waals surface area contributed by atoms with Gasteiger partial charge in [0.05, 0.1) is 19.3 Å². The summed E-state index contributed by atoms with van der Waals surface area (Å²) in [5.74, 6) is 1.51. The van der Waals surface area contributed by atoms with E-state index in [0.29, 0.717) is 38.0 Å². The van der Waals surface area contributed by atoms with Crippen LogP contribution in [0.3, 0.4) is 0 Å². The Morgan fingerprint density at radius 3 is 2.60 bits per heavy atom. The highest BCUT2D eigenvalue weighted by molar-refractivity contribution is 5.82.